The number of hydrogen-bond acceptors (Lipinski definition) is 22. The van der Waals surface area contributed by atoms with E-state index in [0.717, 1.165) is 12.1 Å². The molecule has 480 valence electrons. The van der Waals surface area contributed by atoms with Crippen molar-refractivity contribution in [2.45, 2.75) is 96.1 Å². The SMILES string of the molecule is CCN1C(=CC=CC=CC=CC2=[N+](CCCCCC(=O)O)c3ccc4c(S(=O)(=O)[O-])cc(S(=O)(=O)[O-])cc4c3C2(C)CCCS(=O)(=O)O)C(C)(CCOCCOCCOCCOCCOCCOC)c2c1ccc1c(S(=O)(=O)[O-])cc(S(=O)(=O)[O-])cc21. The van der Waals surface area contributed by atoms with Crippen LogP contribution in [-0.2, 0) is 94.6 Å². The number of rotatable bonds is 37. The summed E-state index contributed by atoms with van der Waals surface area (Å²) in [6.07, 6.45) is 12.8. The van der Waals surface area contributed by atoms with Crippen LogP contribution in [0.4, 0.5) is 11.4 Å². The van der Waals surface area contributed by atoms with Crippen LogP contribution < -0.4 is 4.90 Å². The molecule has 0 saturated heterocycles. The van der Waals surface area contributed by atoms with Gasteiger partial charge >= 0.3 is 5.97 Å². The van der Waals surface area contributed by atoms with Crippen LogP contribution in [0.5, 0.6) is 0 Å². The molecule has 0 fully saturated rings. The second-order valence-electron chi connectivity index (χ2n) is 20.8. The third-order valence-corrected chi connectivity index (χ3v) is 19.1. The normalized spacial score (nSPS) is 18.3. The zero-order valence-electron chi connectivity index (χ0n) is 48.4. The van der Waals surface area contributed by atoms with Gasteiger partial charge in [0.1, 0.15) is 47.0 Å². The summed E-state index contributed by atoms with van der Waals surface area (Å²) in [6, 6.07) is 8.90. The maximum atomic E-state index is 12.7. The Hall–Kier alpha value is -5.39. The molecule has 0 spiro atoms. The van der Waals surface area contributed by atoms with Gasteiger partial charge in [-0.1, -0.05) is 36.4 Å². The molecule has 0 bridgehead atoms. The summed E-state index contributed by atoms with van der Waals surface area (Å²) in [7, 11) is -24.3. The Labute approximate surface area is 507 Å². The summed E-state index contributed by atoms with van der Waals surface area (Å²) in [5, 5.41) is 8.95. The van der Waals surface area contributed by atoms with Gasteiger partial charge in [-0.15, -0.1) is 0 Å². The van der Waals surface area contributed by atoms with Crippen LogP contribution in [-0.4, -0.2) is 185 Å². The topological polar surface area (TPSA) is 382 Å². The lowest BCUT2D eigenvalue weighted by Gasteiger charge is -2.30. The Morgan fingerprint density at radius 1 is 0.575 bits per heavy atom. The van der Waals surface area contributed by atoms with Crippen molar-refractivity contribution in [3.63, 3.8) is 0 Å². The summed E-state index contributed by atoms with van der Waals surface area (Å²) in [6.45, 7) is 9.47. The highest BCUT2D eigenvalue weighted by Gasteiger charge is 2.49. The molecule has 0 saturated carbocycles. The van der Waals surface area contributed by atoms with Crippen molar-refractivity contribution < 1.29 is 108 Å². The van der Waals surface area contributed by atoms with E-state index in [-0.39, 0.29) is 85.8 Å². The maximum Gasteiger partial charge on any atom is 0.303 e. The number of carboxylic acid groups (broad SMARTS) is 1. The summed E-state index contributed by atoms with van der Waals surface area (Å²) >= 11 is 0. The van der Waals surface area contributed by atoms with E-state index in [9.17, 15) is 74.8 Å². The Bertz CT molecular complexity index is 3900. The van der Waals surface area contributed by atoms with Crippen LogP contribution in [0.25, 0.3) is 21.5 Å². The number of nitrogens with zero attached hydrogens (tertiary/aromatic N) is 2. The highest BCUT2D eigenvalue weighted by atomic mass is 32.2. The number of hydrogen-bond donors (Lipinski definition) is 2. The van der Waals surface area contributed by atoms with E-state index < -0.39 is 92.7 Å². The summed E-state index contributed by atoms with van der Waals surface area (Å²) in [4.78, 5) is 9.50. The van der Waals surface area contributed by atoms with Crippen molar-refractivity contribution in [3.8, 4) is 0 Å². The largest absolute Gasteiger partial charge is 0.744 e. The molecule has 25 nitrogen and oxygen atoms in total. The molecule has 2 N–H and O–H groups in total. The van der Waals surface area contributed by atoms with E-state index >= 15 is 0 Å². The smallest absolute Gasteiger partial charge is 0.303 e. The molecule has 30 heteroatoms. The fraction of sp³-hybridized carbons (Fsp3) is 0.474. The van der Waals surface area contributed by atoms with E-state index in [1.807, 2.05) is 23.3 Å². The zero-order valence-corrected chi connectivity index (χ0v) is 52.5. The predicted molar refractivity (Wildman–Crippen MR) is 315 cm³/mol. The number of unbranched alkanes of at least 4 members (excludes halogenated alkanes) is 2. The first-order chi connectivity index (χ1) is 40.9. The average molecular weight is 1310 g/mol. The first-order valence-corrected chi connectivity index (χ1v) is 34.9. The van der Waals surface area contributed by atoms with Gasteiger partial charge in [0.2, 0.25) is 5.69 Å². The molecule has 6 rings (SSSR count). The summed E-state index contributed by atoms with van der Waals surface area (Å²) in [5.74, 6) is -1.71. The Balaban J connectivity index is 1.33. The Morgan fingerprint density at radius 2 is 1.07 bits per heavy atom. The fourth-order valence-corrected chi connectivity index (χ4v) is 14.1. The van der Waals surface area contributed by atoms with Gasteiger partial charge in [0, 0.05) is 73.0 Å². The van der Waals surface area contributed by atoms with Gasteiger partial charge in [-0.05, 0) is 117 Å². The van der Waals surface area contributed by atoms with E-state index in [4.69, 9.17) is 28.4 Å². The summed E-state index contributed by atoms with van der Waals surface area (Å²) in [5.41, 5.74) is 0.283. The number of carbonyl (C=O) groups is 1. The molecular formula is C57H71N2O23S5-3. The van der Waals surface area contributed by atoms with E-state index in [2.05, 4.69) is 0 Å². The molecule has 2 unspecified atom stereocenters. The summed E-state index contributed by atoms with van der Waals surface area (Å²) < 4.78 is 220. The van der Waals surface area contributed by atoms with Crippen LogP contribution >= 0.6 is 0 Å². The number of ether oxygens (including phenoxy) is 6. The first kappa shape index (κ1) is 70.7. The van der Waals surface area contributed by atoms with Crippen molar-refractivity contribution in [2.24, 2.45) is 0 Å². The second-order valence-corrected chi connectivity index (χ2v) is 27.8. The number of likely N-dealkylation sites (N-methyl/N-ethyl adjacent to an activating group) is 1. The third kappa shape index (κ3) is 18.4. The highest BCUT2D eigenvalue weighted by molar-refractivity contribution is 7.87. The van der Waals surface area contributed by atoms with Gasteiger partial charge in [0.05, 0.1) is 96.8 Å². The molecule has 4 aromatic carbocycles. The van der Waals surface area contributed by atoms with Crippen molar-refractivity contribution in [1.82, 2.24) is 0 Å². The lowest BCUT2D eigenvalue weighted by atomic mass is 9.74. The number of benzene rings is 4. The molecule has 0 radical (unpaired) electrons. The molecule has 0 aliphatic carbocycles. The van der Waals surface area contributed by atoms with Gasteiger partial charge in [-0.3, -0.25) is 9.35 Å². The van der Waals surface area contributed by atoms with Crippen LogP contribution in [0, 0.1) is 0 Å². The number of aliphatic carboxylic acids is 1. The van der Waals surface area contributed by atoms with Gasteiger partial charge in [-0.25, -0.2) is 33.7 Å². The van der Waals surface area contributed by atoms with Crippen LogP contribution in [0.3, 0.4) is 0 Å². The van der Waals surface area contributed by atoms with Crippen LogP contribution in [0.1, 0.15) is 76.8 Å². The van der Waals surface area contributed by atoms with Gasteiger partial charge in [-0.2, -0.15) is 13.0 Å². The Kier molecular flexibility index (Phi) is 24.7. The minimum atomic E-state index is -5.40. The van der Waals surface area contributed by atoms with Crippen molar-refractivity contribution in [1.29, 1.82) is 0 Å². The minimum Gasteiger partial charge on any atom is -0.744 e. The van der Waals surface area contributed by atoms with E-state index in [0.29, 0.717) is 113 Å². The highest BCUT2D eigenvalue weighted by Crippen LogP contribution is 2.54. The zero-order chi connectivity index (χ0) is 64.0. The van der Waals surface area contributed by atoms with Crippen molar-refractivity contribution >= 4 is 95.2 Å². The van der Waals surface area contributed by atoms with Gasteiger partial charge in [0.15, 0.2) is 5.71 Å². The molecule has 4 aromatic rings. The number of allylic oxidation sites excluding steroid dienone is 8. The molecule has 2 heterocycles. The number of anilines is 1. The maximum absolute atomic E-state index is 12.7. The average Bonchev–Trinajstić information content (AvgIpc) is 1.90. The fourth-order valence-electron chi connectivity index (χ4n) is 11.0. The van der Waals surface area contributed by atoms with E-state index in [1.165, 1.54) is 18.2 Å². The van der Waals surface area contributed by atoms with Crippen molar-refractivity contribution in [3.05, 3.63) is 108 Å². The monoisotopic (exact) mass is 1310 g/mol. The number of fused-ring (bicyclic) bond motifs is 6. The van der Waals surface area contributed by atoms with Crippen molar-refractivity contribution in [2.75, 3.05) is 104 Å². The first-order valence-electron chi connectivity index (χ1n) is 27.6. The van der Waals surface area contributed by atoms with Crippen LogP contribution in [0.2, 0.25) is 0 Å². The van der Waals surface area contributed by atoms with E-state index in [1.54, 1.807) is 62.6 Å². The molecular weight excluding hydrogens is 1240 g/mol. The molecule has 2 aliphatic rings. The quantitative estimate of drug-likeness (QED) is 0.0235. The number of carboxylic acids is 1. The minimum absolute atomic E-state index is 0.0481. The molecule has 0 aromatic heterocycles. The van der Waals surface area contributed by atoms with Crippen LogP contribution in [0.15, 0.2) is 116 Å². The third-order valence-electron chi connectivity index (χ3n) is 14.9. The van der Waals surface area contributed by atoms with Gasteiger partial charge in [0.25, 0.3) is 10.1 Å². The lowest BCUT2D eigenvalue weighted by molar-refractivity contribution is -0.438. The standard InChI is InChI=1S/C57H74N2O23S5/c1-5-58-47-20-18-43-45(37-41(84(65,66)67)39-49(43)86(71,72)73)54(47)57(3,23-25-78-28-29-80-32-33-82-35-34-81-31-30-79-27-26-77-4)51(58)15-10-7-6-8-11-16-52-56(2,22-14-36-83(62,63)64)55-46-38-42(85(68,69)70)40-50(87(74,75)76)44(46)19-21-48(55)59(52)24-13-9-12-17-53(60)61/h6-8,10-11,15-16,18-21,37-40H,5,9,12-14,17,22-36H2,1-4H3,(H5-,60,61,62,63,64,65,66,67,68,69,70,71,72,73,74,75,76)/p-3. The molecule has 2 aliphatic heterocycles. The second kappa shape index (κ2) is 30.4. The lowest BCUT2D eigenvalue weighted by Crippen LogP contribution is -2.32. The molecule has 0 amide bonds. The molecule has 2 atom stereocenters. The predicted octanol–water partition coefficient (Wildman–Crippen LogP) is 5.75. The van der Waals surface area contributed by atoms with Gasteiger partial charge < -0.3 is 56.6 Å². The number of methoxy groups -OCH3 is 1. The Morgan fingerprint density at radius 3 is 1.56 bits per heavy atom. The molecule has 87 heavy (non-hydrogen) atoms.